The molecule has 0 bridgehead atoms. The number of hydrogen-bond acceptors (Lipinski definition) is 2. The lowest BCUT2D eigenvalue weighted by atomic mass is 10.2. The lowest BCUT2D eigenvalue weighted by Gasteiger charge is -2.01. The molecule has 0 aliphatic rings. The first kappa shape index (κ1) is 8.50. The molecule has 58 valence electrons. The summed E-state index contributed by atoms with van der Waals surface area (Å²) in [5.74, 6) is 0. The van der Waals surface area contributed by atoms with Gasteiger partial charge in [-0.2, -0.15) is 0 Å². The first-order valence-electron chi connectivity index (χ1n) is 3.12. The van der Waals surface area contributed by atoms with Crippen LogP contribution < -0.4 is 0 Å². The van der Waals surface area contributed by atoms with Gasteiger partial charge in [0.05, 0.1) is 0 Å². The Morgan fingerprint density at radius 1 is 1.36 bits per heavy atom. The van der Waals surface area contributed by atoms with E-state index in [2.05, 4.69) is 0 Å². The molecule has 1 nitrogen and oxygen atoms in total. The first-order chi connectivity index (χ1) is 5.34. The fraction of sp³-hybridized carbons (Fsp3) is 0.125. The second-order valence-electron chi connectivity index (χ2n) is 1.91. The number of hydrogen-bond donors (Lipinski definition) is 0. The van der Waals surface area contributed by atoms with Gasteiger partial charge in [0.1, 0.15) is 0 Å². The highest BCUT2D eigenvalue weighted by molar-refractivity contribution is 7.80. The molecule has 1 aromatic rings. The molecule has 0 spiro atoms. The van der Waals surface area contributed by atoms with Gasteiger partial charge in [-0.25, -0.2) is 0 Å². The maximum Gasteiger partial charge on any atom is 0.192 e. The van der Waals surface area contributed by atoms with Crippen LogP contribution in [0, 0.1) is 0 Å². The van der Waals surface area contributed by atoms with Gasteiger partial charge in [0.25, 0.3) is 0 Å². The van der Waals surface area contributed by atoms with Crippen molar-refractivity contribution in [2.45, 2.75) is 0 Å². The van der Waals surface area contributed by atoms with Crippen LogP contribution in [0.25, 0.3) is 0 Å². The Hall–Kier alpha value is -0.600. The van der Waals surface area contributed by atoms with Gasteiger partial charge in [0.2, 0.25) is 0 Å². The minimum atomic E-state index is 0.105. The highest BCUT2D eigenvalue weighted by Crippen LogP contribution is 2.02. The zero-order valence-corrected chi connectivity index (χ0v) is 7.36. The maximum absolute atomic E-state index is 5.34. The molecule has 1 rings (SSSR count). The Balaban J connectivity index is 2.69. The SMILES string of the molecule is S=C(OCCl)c1ccccc1. The van der Waals surface area contributed by atoms with E-state index >= 15 is 0 Å². The summed E-state index contributed by atoms with van der Waals surface area (Å²) in [6, 6.07) is 9.60. The number of halogens is 1. The number of alkyl halides is 1. The van der Waals surface area contributed by atoms with E-state index in [0.29, 0.717) is 5.05 Å². The molecule has 0 radical (unpaired) electrons. The summed E-state index contributed by atoms with van der Waals surface area (Å²) in [5.41, 5.74) is 0.892. The van der Waals surface area contributed by atoms with Crippen molar-refractivity contribution in [3.8, 4) is 0 Å². The summed E-state index contributed by atoms with van der Waals surface area (Å²) in [4.78, 5) is 0. The Bertz CT molecular complexity index is 235. The Kier molecular flexibility index (Phi) is 3.33. The summed E-state index contributed by atoms with van der Waals surface area (Å²) < 4.78 is 4.92. The summed E-state index contributed by atoms with van der Waals surface area (Å²) in [5, 5.41) is 0.445. The monoisotopic (exact) mass is 186 g/mol. The second-order valence-corrected chi connectivity index (χ2v) is 2.50. The van der Waals surface area contributed by atoms with Crippen molar-refractivity contribution in [3.05, 3.63) is 35.9 Å². The topological polar surface area (TPSA) is 9.23 Å². The highest BCUT2D eigenvalue weighted by atomic mass is 35.5. The molecular weight excluding hydrogens is 180 g/mol. The number of ether oxygens (including phenoxy) is 1. The molecule has 0 heterocycles. The number of rotatable bonds is 2. The van der Waals surface area contributed by atoms with Crippen LogP contribution in [0.2, 0.25) is 0 Å². The summed E-state index contributed by atoms with van der Waals surface area (Å²) in [6.07, 6.45) is 0. The van der Waals surface area contributed by atoms with E-state index in [1.54, 1.807) is 0 Å². The molecule has 0 amide bonds. The molecule has 0 aromatic heterocycles. The highest BCUT2D eigenvalue weighted by Gasteiger charge is 1.97. The predicted molar refractivity (Wildman–Crippen MR) is 49.9 cm³/mol. The lowest BCUT2D eigenvalue weighted by Crippen LogP contribution is -2.00. The average Bonchev–Trinajstić information content (AvgIpc) is 2.07. The maximum atomic E-state index is 5.34. The van der Waals surface area contributed by atoms with Crippen LogP contribution in [0.3, 0.4) is 0 Å². The van der Waals surface area contributed by atoms with Crippen LogP contribution in [-0.2, 0) is 4.74 Å². The normalized spacial score (nSPS) is 9.18. The second kappa shape index (κ2) is 4.31. The average molecular weight is 187 g/mol. The summed E-state index contributed by atoms with van der Waals surface area (Å²) >= 11 is 10.2. The van der Waals surface area contributed by atoms with E-state index < -0.39 is 0 Å². The van der Waals surface area contributed by atoms with Crippen molar-refractivity contribution >= 4 is 28.9 Å². The van der Waals surface area contributed by atoms with Crippen molar-refractivity contribution in [3.63, 3.8) is 0 Å². The molecule has 0 unspecified atom stereocenters. The zero-order chi connectivity index (χ0) is 8.10. The van der Waals surface area contributed by atoms with Gasteiger partial charge in [0.15, 0.2) is 11.1 Å². The summed E-state index contributed by atoms with van der Waals surface area (Å²) in [7, 11) is 0. The minimum Gasteiger partial charge on any atom is -0.467 e. The molecule has 0 atom stereocenters. The number of benzene rings is 1. The van der Waals surface area contributed by atoms with Crippen molar-refractivity contribution in [2.24, 2.45) is 0 Å². The Labute approximate surface area is 75.9 Å². The Morgan fingerprint density at radius 2 is 2.00 bits per heavy atom. The van der Waals surface area contributed by atoms with E-state index in [-0.39, 0.29) is 6.07 Å². The van der Waals surface area contributed by atoms with Gasteiger partial charge >= 0.3 is 0 Å². The smallest absolute Gasteiger partial charge is 0.192 e. The fourth-order valence-corrected chi connectivity index (χ4v) is 1.08. The molecular formula is C8H7ClOS. The zero-order valence-electron chi connectivity index (χ0n) is 5.79. The molecule has 0 N–H and O–H groups in total. The molecule has 0 saturated carbocycles. The largest absolute Gasteiger partial charge is 0.467 e. The van der Waals surface area contributed by atoms with E-state index in [4.69, 9.17) is 28.6 Å². The third-order valence-corrected chi connectivity index (χ3v) is 1.66. The minimum absolute atomic E-state index is 0.105. The van der Waals surface area contributed by atoms with Crippen molar-refractivity contribution in [1.82, 2.24) is 0 Å². The predicted octanol–water partition coefficient (Wildman–Crippen LogP) is 2.58. The first-order valence-corrected chi connectivity index (χ1v) is 4.07. The molecule has 0 aliphatic heterocycles. The standard InChI is InChI=1S/C8H7ClOS/c9-6-10-8(11)7-4-2-1-3-5-7/h1-5H,6H2. The van der Waals surface area contributed by atoms with Crippen LogP contribution >= 0.6 is 23.8 Å². The van der Waals surface area contributed by atoms with Crippen LogP contribution in [0.5, 0.6) is 0 Å². The van der Waals surface area contributed by atoms with E-state index in [9.17, 15) is 0 Å². The van der Waals surface area contributed by atoms with Gasteiger partial charge in [-0.15, -0.1) is 0 Å². The van der Waals surface area contributed by atoms with E-state index in [0.717, 1.165) is 5.56 Å². The van der Waals surface area contributed by atoms with Gasteiger partial charge in [0, 0.05) is 5.56 Å². The van der Waals surface area contributed by atoms with Gasteiger partial charge in [-0.1, -0.05) is 41.9 Å². The summed E-state index contributed by atoms with van der Waals surface area (Å²) in [6.45, 7) is 0. The van der Waals surface area contributed by atoms with Crippen molar-refractivity contribution in [1.29, 1.82) is 0 Å². The van der Waals surface area contributed by atoms with Crippen molar-refractivity contribution < 1.29 is 4.74 Å². The molecule has 0 fully saturated rings. The third-order valence-electron chi connectivity index (χ3n) is 1.20. The molecule has 0 saturated heterocycles. The van der Waals surface area contributed by atoms with Gasteiger partial charge < -0.3 is 4.74 Å². The number of thiocarbonyl (C=S) groups is 1. The van der Waals surface area contributed by atoms with Crippen LogP contribution in [-0.4, -0.2) is 11.1 Å². The van der Waals surface area contributed by atoms with Crippen molar-refractivity contribution in [2.75, 3.05) is 6.07 Å². The lowest BCUT2D eigenvalue weighted by molar-refractivity contribution is 0.387. The molecule has 3 heteroatoms. The quantitative estimate of drug-likeness (QED) is 0.519. The Morgan fingerprint density at radius 3 is 2.55 bits per heavy atom. The van der Waals surface area contributed by atoms with Gasteiger partial charge in [-0.05, 0) is 12.2 Å². The van der Waals surface area contributed by atoms with Crippen LogP contribution in [0.4, 0.5) is 0 Å². The molecule has 0 aliphatic carbocycles. The molecule has 1 aromatic carbocycles. The fourth-order valence-electron chi connectivity index (χ4n) is 0.707. The third kappa shape index (κ3) is 2.48. The molecule has 11 heavy (non-hydrogen) atoms. The van der Waals surface area contributed by atoms with E-state index in [1.807, 2.05) is 30.3 Å². The van der Waals surface area contributed by atoms with Crippen LogP contribution in [0.15, 0.2) is 30.3 Å². The van der Waals surface area contributed by atoms with Gasteiger partial charge in [-0.3, -0.25) is 0 Å². The van der Waals surface area contributed by atoms with E-state index in [1.165, 1.54) is 0 Å². The van der Waals surface area contributed by atoms with Crippen LogP contribution in [0.1, 0.15) is 5.56 Å².